The van der Waals surface area contributed by atoms with Crippen molar-refractivity contribution in [3.63, 3.8) is 0 Å². The van der Waals surface area contributed by atoms with Gasteiger partial charge in [0.15, 0.2) is 6.10 Å². The maximum absolute atomic E-state index is 12.8. The van der Waals surface area contributed by atoms with Crippen molar-refractivity contribution >= 4 is 17.9 Å². The highest BCUT2D eigenvalue weighted by Crippen LogP contribution is 2.17. The Morgan fingerprint density at radius 1 is 0.468 bits per heavy atom. The van der Waals surface area contributed by atoms with Crippen LogP contribution in [0.3, 0.4) is 0 Å². The van der Waals surface area contributed by atoms with Gasteiger partial charge in [-0.05, 0) is 38.5 Å². The number of ether oxygens (including phenoxy) is 3. The van der Waals surface area contributed by atoms with Gasteiger partial charge in [0.25, 0.3) is 0 Å². The van der Waals surface area contributed by atoms with E-state index in [2.05, 4.69) is 26.0 Å². The Bertz CT molecular complexity index is 1020. The molecule has 0 aliphatic heterocycles. The average Bonchev–Trinajstić information content (AvgIpc) is 3.23. The maximum Gasteiger partial charge on any atom is 0.306 e. The van der Waals surface area contributed by atoms with Crippen molar-refractivity contribution in [2.24, 2.45) is 0 Å². The first-order valence-corrected chi connectivity index (χ1v) is 26.7. The fraction of sp³-hybridized carbons (Fsp3) is 0.907. The Hall–Kier alpha value is -1.93. The number of hydrogen-bond donors (Lipinski definition) is 0. The summed E-state index contributed by atoms with van der Waals surface area (Å²) in [6, 6.07) is -0.724. The largest absolute Gasteiger partial charge is 0.544 e. The van der Waals surface area contributed by atoms with E-state index in [1.807, 2.05) is 21.1 Å². The molecule has 0 bridgehead atoms. The van der Waals surface area contributed by atoms with Crippen LogP contribution in [0.4, 0.5) is 0 Å². The van der Waals surface area contributed by atoms with Crippen LogP contribution in [0.5, 0.6) is 0 Å². The van der Waals surface area contributed by atoms with E-state index < -0.39 is 18.1 Å². The van der Waals surface area contributed by atoms with Crippen LogP contribution in [0, 0.1) is 0 Å². The number of unbranched alkanes of at least 4 members (excludes halogenated alkanes) is 33. The van der Waals surface area contributed by atoms with Crippen LogP contribution < -0.4 is 5.11 Å². The summed E-state index contributed by atoms with van der Waals surface area (Å²) in [5.74, 6) is -1.72. The quantitative estimate of drug-likeness (QED) is 0.0260. The van der Waals surface area contributed by atoms with Crippen molar-refractivity contribution in [3.8, 4) is 0 Å². The summed E-state index contributed by atoms with van der Waals surface area (Å²) in [5.41, 5.74) is 0. The highest BCUT2D eigenvalue weighted by atomic mass is 16.6. The van der Waals surface area contributed by atoms with Gasteiger partial charge >= 0.3 is 11.9 Å². The molecule has 366 valence electrons. The Morgan fingerprint density at radius 2 is 0.806 bits per heavy atom. The molecule has 0 spiro atoms. The highest BCUT2D eigenvalue weighted by molar-refractivity contribution is 5.70. The van der Waals surface area contributed by atoms with Gasteiger partial charge in [-0.1, -0.05) is 219 Å². The molecule has 8 nitrogen and oxygen atoms in total. The van der Waals surface area contributed by atoms with Crippen molar-refractivity contribution in [1.29, 1.82) is 0 Å². The summed E-state index contributed by atoms with van der Waals surface area (Å²) >= 11 is 0. The second-order valence-corrected chi connectivity index (χ2v) is 19.5. The minimum Gasteiger partial charge on any atom is -0.544 e. The van der Waals surface area contributed by atoms with Crippen LogP contribution in [0.2, 0.25) is 0 Å². The van der Waals surface area contributed by atoms with Crippen LogP contribution in [0.25, 0.3) is 0 Å². The summed E-state index contributed by atoms with van der Waals surface area (Å²) < 4.78 is 17.3. The molecule has 0 fully saturated rings. The molecule has 0 heterocycles. The van der Waals surface area contributed by atoms with Gasteiger partial charge < -0.3 is 28.6 Å². The molecule has 2 atom stereocenters. The van der Waals surface area contributed by atoms with E-state index in [0.29, 0.717) is 12.8 Å². The average molecular weight is 878 g/mol. The number of nitrogens with zero attached hydrogens (tertiary/aromatic N) is 1. The van der Waals surface area contributed by atoms with Gasteiger partial charge in [0, 0.05) is 19.3 Å². The Kier molecular flexibility index (Phi) is 44.2. The molecule has 0 N–H and O–H groups in total. The van der Waals surface area contributed by atoms with Crippen LogP contribution in [-0.2, 0) is 28.6 Å². The lowest BCUT2D eigenvalue weighted by atomic mass is 10.0. The van der Waals surface area contributed by atoms with E-state index in [1.165, 1.54) is 180 Å². The molecule has 0 aliphatic rings. The molecule has 0 aliphatic carbocycles. The normalized spacial score (nSPS) is 12.9. The van der Waals surface area contributed by atoms with E-state index >= 15 is 0 Å². The van der Waals surface area contributed by atoms with Gasteiger partial charge in [-0.25, -0.2) is 0 Å². The molecule has 2 unspecified atom stereocenters. The van der Waals surface area contributed by atoms with Crippen LogP contribution in [-0.4, -0.2) is 75.5 Å². The van der Waals surface area contributed by atoms with Crippen molar-refractivity contribution in [2.45, 2.75) is 276 Å². The molecule has 0 aromatic heterocycles. The Morgan fingerprint density at radius 3 is 1.16 bits per heavy atom. The van der Waals surface area contributed by atoms with E-state index in [1.54, 1.807) is 0 Å². The lowest BCUT2D eigenvalue weighted by Crippen LogP contribution is -2.55. The van der Waals surface area contributed by atoms with Crippen molar-refractivity contribution in [2.75, 3.05) is 41.0 Å². The molecule has 0 aromatic rings. The van der Waals surface area contributed by atoms with Crippen LogP contribution >= 0.6 is 0 Å². The summed E-state index contributed by atoms with van der Waals surface area (Å²) in [5, 5.41) is 11.7. The second-order valence-electron chi connectivity index (χ2n) is 19.5. The number of allylic oxidation sites excluding steroid dienone is 2. The molecule has 62 heavy (non-hydrogen) atoms. The number of carboxylic acid groups (broad SMARTS) is 1. The number of aliphatic carboxylic acids is 1. The standard InChI is InChI=1S/C54H103NO7/c1-6-8-10-12-14-16-18-20-22-24-26-27-29-30-32-34-36-38-40-42-44-52(56)61-49-50(48-60-47-46-51(54(58)59)55(3,4)5)62-53(57)45-43-41-39-37-35-33-31-28-25-23-21-19-17-15-13-11-9-7-2/h28,31,50-51H,6-27,29-30,32-49H2,1-5H3/b31-28+. The third-order valence-electron chi connectivity index (χ3n) is 12.4. The zero-order chi connectivity index (χ0) is 45.6. The zero-order valence-corrected chi connectivity index (χ0v) is 41.8. The van der Waals surface area contributed by atoms with E-state index in [-0.39, 0.29) is 42.7 Å². The van der Waals surface area contributed by atoms with Crippen molar-refractivity contribution in [1.82, 2.24) is 0 Å². The topological polar surface area (TPSA) is 102 Å². The molecule has 0 aromatic carbocycles. The summed E-state index contributed by atoms with van der Waals surface area (Å²) in [7, 11) is 5.43. The van der Waals surface area contributed by atoms with Gasteiger partial charge in [-0.3, -0.25) is 9.59 Å². The van der Waals surface area contributed by atoms with Crippen LogP contribution in [0.1, 0.15) is 264 Å². The number of quaternary nitrogens is 1. The first kappa shape index (κ1) is 60.1. The van der Waals surface area contributed by atoms with Gasteiger partial charge in [0.2, 0.25) is 0 Å². The van der Waals surface area contributed by atoms with Gasteiger partial charge in [-0.15, -0.1) is 0 Å². The first-order valence-electron chi connectivity index (χ1n) is 26.7. The number of esters is 2. The molecule has 0 radical (unpaired) electrons. The highest BCUT2D eigenvalue weighted by Gasteiger charge is 2.25. The second kappa shape index (κ2) is 45.6. The number of likely N-dealkylation sites (N-methyl/N-ethyl adjacent to an activating group) is 1. The molecule has 0 rings (SSSR count). The predicted octanol–water partition coefficient (Wildman–Crippen LogP) is 14.1. The molecule has 0 amide bonds. The first-order chi connectivity index (χ1) is 30.1. The minimum absolute atomic E-state index is 0.0435. The minimum atomic E-state index is -1.12. The molecule has 0 saturated carbocycles. The summed E-state index contributed by atoms with van der Waals surface area (Å²) in [4.78, 5) is 37.0. The number of hydrogen-bond acceptors (Lipinski definition) is 7. The maximum atomic E-state index is 12.8. The molecule has 8 heteroatoms. The fourth-order valence-corrected chi connectivity index (χ4v) is 8.25. The third kappa shape index (κ3) is 43.3. The number of carboxylic acids is 1. The van der Waals surface area contributed by atoms with E-state index in [0.717, 1.165) is 51.4 Å². The smallest absolute Gasteiger partial charge is 0.306 e. The molecule has 0 saturated heterocycles. The van der Waals surface area contributed by atoms with Gasteiger partial charge in [0.05, 0.1) is 40.3 Å². The summed E-state index contributed by atoms with van der Waals surface area (Å²) in [6.07, 6.45) is 51.0. The zero-order valence-electron chi connectivity index (χ0n) is 41.8. The van der Waals surface area contributed by atoms with Gasteiger partial charge in [0.1, 0.15) is 12.6 Å². The van der Waals surface area contributed by atoms with E-state index in [9.17, 15) is 19.5 Å². The monoisotopic (exact) mass is 878 g/mol. The van der Waals surface area contributed by atoms with Gasteiger partial charge in [-0.2, -0.15) is 0 Å². The lowest BCUT2D eigenvalue weighted by Gasteiger charge is -2.34. The van der Waals surface area contributed by atoms with E-state index in [4.69, 9.17) is 14.2 Å². The lowest BCUT2D eigenvalue weighted by molar-refractivity contribution is -0.889. The summed E-state index contributed by atoms with van der Waals surface area (Å²) in [6.45, 7) is 4.71. The number of carbonyl (C=O) groups excluding carboxylic acids is 3. The number of rotatable bonds is 49. The van der Waals surface area contributed by atoms with Crippen molar-refractivity contribution < 1.29 is 38.2 Å². The Balaban J connectivity index is 4.19. The van der Waals surface area contributed by atoms with Crippen molar-refractivity contribution in [3.05, 3.63) is 12.2 Å². The SMILES string of the molecule is CCCCCCCCCCC/C=C/CCCCCCCC(=O)OC(COCCC(C(=O)[O-])[N+](C)(C)C)COC(=O)CCCCCCCCCCCCCCCCCCCCCC. The van der Waals surface area contributed by atoms with Crippen LogP contribution in [0.15, 0.2) is 12.2 Å². The molecular weight excluding hydrogens is 775 g/mol. The third-order valence-corrected chi connectivity index (χ3v) is 12.4. The predicted molar refractivity (Wildman–Crippen MR) is 259 cm³/mol. The number of carbonyl (C=O) groups is 3. The fourth-order valence-electron chi connectivity index (χ4n) is 8.25. The molecular formula is C54H103NO7. The Labute approximate surface area is 384 Å².